The van der Waals surface area contributed by atoms with Crippen molar-refractivity contribution < 1.29 is 4.79 Å². The third kappa shape index (κ3) is 2.99. The Morgan fingerprint density at radius 3 is 2.92 bits per heavy atom. The summed E-state index contributed by atoms with van der Waals surface area (Å²) in [6.45, 7) is 4.55. The summed E-state index contributed by atoms with van der Waals surface area (Å²) in [6, 6.07) is 0. The minimum atomic E-state index is 0. The van der Waals surface area contributed by atoms with Crippen LogP contribution in [0.25, 0.3) is 0 Å². The first-order valence-electron chi connectivity index (χ1n) is 4.18. The SMILES string of the molecule is CCC1CNCC(=O)N(C)C1.Cl. The second-order valence-electron chi connectivity index (χ2n) is 3.18. The lowest BCUT2D eigenvalue weighted by Crippen LogP contribution is -2.31. The molecule has 1 saturated heterocycles. The molecule has 1 N–H and O–H groups in total. The summed E-state index contributed by atoms with van der Waals surface area (Å²) in [5.41, 5.74) is 0. The number of nitrogens with one attached hydrogen (secondary N) is 1. The van der Waals surface area contributed by atoms with Gasteiger partial charge in [0, 0.05) is 20.1 Å². The quantitative estimate of drug-likeness (QED) is 0.656. The molecule has 0 bridgehead atoms. The fourth-order valence-corrected chi connectivity index (χ4v) is 1.35. The van der Waals surface area contributed by atoms with Gasteiger partial charge in [-0.1, -0.05) is 13.3 Å². The van der Waals surface area contributed by atoms with Crippen LogP contribution in [0, 0.1) is 5.92 Å². The molecule has 3 nitrogen and oxygen atoms in total. The molecular weight excluding hydrogens is 176 g/mol. The van der Waals surface area contributed by atoms with Crippen molar-refractivity contribution in [1.82, 2.24) is 10.2 Å². The van der Waals surface area contributed by atoms with Crippen LogP contribution in [0.3, 0.4) is 0 Å². The highest BCUT2D eigenvalue weighted by atomic mass is 35.5. The molecule has 0 radical (unpaired) electrons. The van der Waals surface area contributed by atoms with E-state index in [2.05, 4.69) is 12.2 Å². The number of hydrogen-bond donors (Lipinski definition) is 1. The maximum absolute atomic E-state index is 11.1. The summed E-state index contributed by atoms with van der Waals surface area (Å²) >= 11 is 0. The molecule has 1 fully saturated rings. The third-order valence-corrected chi connectivity index (χ3v) is 2.24. The fraction of sp³-hybridized carbons (Fsp3) is 0.875. The molecule has 4 heteroatoms. The summed E-state index contributed by atoms with van der Waals surface area (Å²) in [6.07, 6.45) is 1.14. The molecule has 1 heterocycles. The molecule has 1 aliphatic heterocycles. The Kier molecular flexibility index (Phi) is 5.25. The molecule has 12 heavy (non-hydrogen) atoms. The average Bonchev–Trinajstić information content (AvgIpc) is 2.15. The van der Waals surface area contributed by atoms with Gasteiger partial charge in [-0.05, 0) is 5.92 Å². The number of likely N-dealkylation sites (N-methyl/N-ethyl adjacent to an activating group) is 1. The van der Waals surface area contributed by atoms with Crippen molar-refractivity contribution in [3.05, 3.63) is 0 Å². The van der Waals surface area contributed by atoms with E-state index in [-0.39, 0.29) is 18.3 Å². The maximum atomic E-state index is 11.1. The summed E-state index contributed by atoms with van der Waals surface area (Å²) in [5.74, 6) is 0.840. The lowest BCUT2D eigenvalue weighted by atomic mass is 10.1. The van der Waals surface area contributed by atoms with E-state index < -0.39 is 0 Å². The highest BCUT2D eigenvalue weighted by Crippen LogP contribution is 2.05. The van der Waals surface area contributed by atoms with Gasteiger partial charge in [-0.3, -0.25) is 4.79 Å². The Labute approximate surface area is 79.9 Å². The molecule has 1 unspecified atom stereocenters. The third-order valence-electron chi connectivity index (χ3n) is 2.24. The molecule has 0 aromatic rings. The van der Waals surface area contributed by atoms with Crippen LogP contribution in [0.15, 0.2) is 0 Å². The molecular formula is C8H17ClN2O. The van der Waals surface area contributed by atoms with E-state index in [1.54, 1.807) is 0 Å². The highest BCUT2D eigenvalue weighted by molar-refractivity contribution is 5.85. The number of hydrogen-bond acceptors (Lipinski definition) is 2. The molecule has 0 aromatic carbocycles. The molecule has 0 aliphatic carbocycles. The second-order valence-corrected chi connectivity index (χ2v) is 3.18. The molecule has 1 atom stereocenters. The molecule has 0 aromatic heterocycles. The lowest BCUT2D eigenvalue weighted by molar-refractivity contribution is -0.128. The van der Waals surface area contributed by atoms with E-state index in [0.717, 1.165) is 19.5 Å². The first kappa shape index (κ1) is 11.7. The van der Waals surface area contributed by atoms with Crippen LogP contribution >= 0.6 is 12.4 Å². The fourth-order valence-electron chi connectivity index (χ4n) is 1.35. The zero-order chi connectivity index (χ0) is 8.27. The Balaban J connectivity index is 0.00000121. The Hall–Kier alpha value is -0.280. The average molecular weight is 193 g/mol. The number of carbonyl (C=O) groups excluding carboxylic acids is 1. The van der Waals surface area contributed by atoms with E-state index in [4.69, 9.17) is 0 Å². The van der Waals surface area contributed by atoms with Crippen molar-refractivity contribution in [2.24, 2.45) is 5.92 Å². The standard InChI is InChI=1S/C8H16N2O.ClH/c1-3-7-4-9-5-8(11)10(2)6-7;/h7,9H,3-6H2,1-2H3;1H. The molecule has 1 rings (SSSR count). The summed E-state index contributed by atoms with van der Waals surface area (Å²) in [5, 5.41) is 3.14. The van der Waals surface area contributed by atoms with E-state index in [1.807, 2.05) is 11.9 Å². The van der Waals surface area contributed by atoms with E-state index in [9.17, 15) is 4.79 Å². The number of amides is 1. The first-order chi connectivity index (χ1) is 5.24. The van der Waals surface area contributed by atoms with Crippen LogP contribution in [0.2, 0.25) is 0 Å². The van der Waals surface area contributed by atoms with Crippen LogP contribution in [0.4, 0.5) is 0 Å². The summed E-state index contributed by atoms with van der Waals surface area (Å²) < 4.78 is 0. The molecule has 0 saturated carbocycles. The van der Waals surface area contributed by atoms with Crippen LogP contribution < -0.4 is 5.32 Å². The van der Waals surface area contributed by atoms with Crippen LogP contribution in [-0.2, 0) is 4.79 Å². The van der Waals surface area contributed by atoms with Crippen molar-refractivity contribution in [3.63, 3.8) is 0 Å². The first-order valence-corrected chi connectivity index (χ1v) is 4.18. The predicted molar refractivity (Wildman–Crippen MR) is 51.5 cm³/mol. The predicted octanol–water partition coefficient (Wildman–Crippen LogP) is 0.496. The van der Waals surface area contributed by atoms with Gasteiger partial charge in [-0.2, -0.15) is 0 Å². The van der Waals surface area contributed by atoms with Crippen molar-refractivity contribution in [1.29, 1.82) is 0 Å². The van der Waals surface area contributed by atoms with Gasteiger partial charge in [0.15, 0.2) is 0 Å². The van der Waals surface area contributed by atoms with Gasteiger partial charge in [0.1, 0.15) is 0 Å². The summed E-state index contributed by atoms with van der Waals surface area (Å²) in [7, 11) is 1.87. The zero-order valence-corrected chi connectivity index (χ0v) is 8.49. The van der Waals surface area contributed by atoms with Crippen molar-refractivity contribution in [2.45, 2.75) is 13.3 Å². The van der Waals surface area contributed by atoms with Crippen molar-refractivity contribution in [2.75, 3.05) is 26.7 Å². The smallest absolute Gasteiger partial charge is 0.236 e. The van der Waals surface area contributed by atoms with Crippen molar-refractivity contribution in [3.8, 4) is 0 Å². The normalized spacial score (nSPS) is 24.7. The molecule has 1 aliphatic rings. The largest absolute Gasteiger partial charge is 0.344 e. The van der Waals surface area contributed by atoms with E-state index >= 15 is 0 Å². The van der Waals surface area contributed by atoms with Crippen LogP contribution in [0.5, 0.6) is 0 Å². The number of carbonyl (C=O) groups is 1. The van der Waals surface area contributed by atoms with Gasteiger partial charge in [0.25, 0.3) is 0 Å². The molecule has 1 amide bonds. The molecule has 72 valence electrons. The topological polar surface area (TPSA) is 32.3 Å². The minimum absolute atomic E-state index is 0. The van der Waals surface area contributed by atoms with E-state index in [0.29, 0.717) is 12.5 Å². The monoisotopic (exact) mass is 192 g/mol. The Morgan fingerprint density at radius 1 is 1.67 bits per heavy atom. The summed E-state index contributed by atoms with van der Waals surface area (Å²) in [4.78, 5) is 13.0. The van der Waals surface area contributed by atoms with Crippen LogP contribution in [-0.4, -0.2) is 37.5 Å². The lowest BCUT2D eigenvalue weighted by Gasteiger charge is -2.17. The van der Waals surface area contributed by atoms with Gasteiger partial charge in [0.2, 0.25) is 5.91 Å². The van der Waals surface area contributed by atoms with Gasteiger partial charge in [-0.15, -0.1) is 12.4 Å². The van der Waals surface area contributed by atoms with Gasteiger partial charge >= 0.3 is 0 Å². The maximum Gasteiger partial charge on any atom is 0.236 e. The number of rotatable bonds is 1. The number of nitrogens with zero attached hydrogens (tertiary/aromatic N) is 1. The van der Waals surface area contributed by atoms with Crippen molar-refractivity contribution >= 4 is 18.3 Å². The van der Waals surface area contributed by atoms with E-state index in [1.165, 1.54) is 0 Å². The van der Waals surface area contributed by atoms with Gasteiger partial charge in [0.05, 0.1) is 6.54 Å². The Bertz CT molecular complexity index is 152. The number of halogens is 1. The van der Waals surface area contributed by atoms with Gasteiger partial charge in [-0.25, -0.2) is 0 Å². The highest BCUT2D eigenvalue weighted by Gasteiger charge is 2.17. The second kappa shape index (κ2) is 5.38. The Morgan fingerprint density at radius 2 is 2.33 bits per heavy atom. The minimum Gasteiger partial charge on any atom is -0.344 e. The zero-order valence-electron chi connectivity index (χ0n) is 7.67. The molecule has 0 spiro atoms. The van der Waals surface area contributed by atoms with Gasteiger partial charge < -0.3 is 10.2 Å². The van der Waals surface area contributed by atoms with Crippen LogP contribution in [0.1, 0.15) is 13.3 Å².